The molecule has 1 aromatic carbocycles. The van der Waals surface area contributed by atoms with E-state index in [1.165, 1.54) is 10.5 Å². The van der Waals surface area contributed by atoms with E-state index in [9.17, 15) is 14.4 Å². The number of rotatable bonds is 4. The number of piperazine rings is 1. The molecule has 0 aromatic heterocycles. The molecule has 1 aromatic rings. The zero-order chi connectivity index (χ0) is 21.4. The molecule has 0 bridgehead atoms. The van der Waals surface area contributed by atoms with Crippen molar-refractivity contribution in [3.05, 3.63) is 35.4 Å². The number of nitrogens with two attached hydrogens (primary N) is 1. The van der Waals surface area contributed by atoms with Crippen LogP contribution in [0.15, 0.2) is 29.3 Å². The fraction of sp³-hybridized carbons (Fsp3) is 0.500. The monoisotopic (exact) mass is 413 g/mol. The van der Waals surface area contributed by atoms with Crippen molar-refractivity contribution in [1.82, 2.24) is 24.9 Å². The van der Waals surface area contributed by atoms with Gasteiger partial charge in [0.2, 0.25) is 5.91 Å². The number of urea groups is 1. The zero-order valence-corrected chi connectivity index (χ0v) is 17.2. The van der Waals surface area contributed by atoms with Crippen LogP contribution >= 0.6 is 0 Å². The number of hydrogen-bond donors (Lipinski definition) is 2. The maximum Gasteiger partial charge on any atom is 0.325 e. The quantitative estimate of drug-likeness (QED) is 0.664. The van der Waals surface area contributed by atoms with E-state index in [1.807, 2.05) is 41.0 Å². The van der Waals surface area contributed by atoms with Crippen LogP contribution in [0.5, 0.6) is 0 Å². The first-order chi connectivity index (χ1) is 14.3. The lowest BCUT2D eigenvalue weighted by atomic mass is 10.1. The highest BCUT2D eigenvalue weighted by Crippen LogP contribution is 2.27. The van der Waals surface area contributed by atoms with Gasteiger partial charge >= 0.3 is 6.03 Å². The van der Waals surface area contributed by atoms with Gasteiger partial charge < -0.3 is 20.4 Å². The van der Waals surface area contributed by atoms with Crippen LogP contribution in [0.4, 0.5) is 4.79 Å². The van der Waals surface area contributed by atoms with Crippen LogP contribution < -0.4 is 11.1 Å². The number of imide groups is 1. The number of carbonyl (C=O) groups is 3. The van der Waals surface area contributed by atoms with Crippen LogP contribution in [0.3, 0.4) is 0 Å². The number of guanidine groups is 1. The standard InChI is InChI=1S/C20H27N7O3/c1-13-3-5-14(6-4-13)11-27-16-17(24(2)20(30)23-18(16)29)22-19(27)26-9-7-25(8-10-26)12-15(21)28/h3-6,16-17H,7-12H2,1-2H3,(H2,21,28)(H,23,29,30). The smallest absolute Gasteiger partial charge is 0.325 e. The second-order valence-electron chi connectivity index (χ2n) is 8.04. The number of fused-ring (bicyclic) bond motifs is 1. The molecule has 3 heterocycles. The van der Waals surface area contributed by atoms with Gasteiger partial charge in [-0.2, -0.15) is 0 Å². The van der Waals surface area contributed by atoms with Gasteiger partial charge in [0.1, 0.15) is 0 Å². The Morgan fingerprint density at radius 1 is 1.17 bits per heavy atom. The lowest BCUT2D eigenvalue weighted by molar-refractivity contribution is -0.127. The van der Waals surface area contributed by atoms with Crippen molar-refractivity contribution in [2.75, 3.05) is 39.8 Å². The summed E-state index contributed by atoms with van der Waals surface area (Å²) in [6.07, 6.45) is -0.560. The fourth-order valence-electron chi connectivity index (χ4n) is 4.16. The summed E-state index contributed by atoms with van der Waals surface area (Å²) in [5, 5.41) is 2.43. The molecule has 10 heteroatoms. The topological polar surface area (TPSA) is 115 Å². The van der Waals surface area contributed by atoms with Crippen LogP contribution in [0.2, 0.25) is 0 Å². The summed E-state index contributed by atoms with van der Waals surface area (Å²) in [6.45, 7) is 5.45. The molecule has 30 heavy (non-hydrogen) atoms. The van der Waals surface area contributed by atoms with Crippen molar-refractivity contribution in [2.45, 2.75) is 25.7 Å². The van der Waals surface area contributed by atoms with Gasteiger partial charge in [-0.15, -0.1) is 0 Å². The highest BCUT2D eigenvalue weighted by atomic mass is 16.2. The molecule has 4 amide bonds. The summed E-state index contributed by atoms with van der Waals surface area (Å²) >= 11 is 0. The summed E-state index contributed by atoms with van der Waals surface area (Å²) in [4.78, 5) is 48.5. The number of aryl methyl sites for hydroxylation is 1. The predicted molar refractivity (Wildman–Crippen MR) is 110 cm³/mol. The summed E-state index contributed by atoms with van der Waals surface area (Å²) in [6, 6.07) is 7.15. The second-order valence-corrected chi connectivity index (χ2v) is 8.04. The molecular weight excluding hydrogens is 386 g/mol. The Bertz CT molecular complexity index is 877. The van der Waals surface area contributed by atoms with E-state index in [0.29, 0.717) is 38.7 Å². The molecule has 3 aliphatic rings. The number of carbonyl (C=O) groups excluding carboxylic acids is 3. The number of likely N-dealkylation sites (N-methyl/N-ethyl adjacent to an activating group) is 1. The number of aliphatic imine (C=N–C) groups is 1. The van der Waals surface area contributed by atoms with Crippen molar-refractivity contribution < 1.29 is 14.4 Å². The van der Waals surface area contributed by atoms with E-state index in [4.69, 9.17) is 10.7 Å². The number of nitrogens with one attached hydrogen (secondary N) is 1. The fourth-order valence-corrected chi connectivity index (χ4v) is 4.16. The molecule has 0 aliphatic carbocycles. The highest BCUT2D eigenvalue weighted by molar-refractivity contribution is 6.03. The molecule has 3 aliphatic heterocycles. The Labute approximate surface area is 175 Å². The molecule has 4 rings (SSSR count). The zero-order valence-electron chi connectivity index (χ0n) is 17.2. The third kappa shape index (κ3) is 3.82. The van der Waals surface area contributed by atoms with Gasteiger partial charge in [0.25, 0.3) is 5.91 Å². The van der Waals surface area contributed by atoms with Crippen LogP contribution in [0.25, 0.3) is 0 Å². The van der Waals surface area contributed by atoms with Crippen molar-refractivity contribution in [3.63, 3.8) is 0 Å². The minimum absolute atomic E-state index is 0.234. The lowest BCUT2D eigenvalue weighted by Gasteiger charge is -2.40. The summed E-state index contributed by atoms with van der Waals surface area (Å²) in [7, 11) is 1.65. The molecule has 160 valence electrons. The third-order valence-corrected chi connectivity index (χ3v) is 5.85. The second kappa shape index (κ2) is 7.94. The normalized spacial score (nSPS) is 24.6. The Hall–Kier alpha value is -3.14. The van der Waals surface area contributed by atoms with E-state index < -0.39 is 18.2 Å². The Morgan fingerprint density at radius 3 is 2.47 bits per heavy atom. The Balaban J connectivity index is 1.58. The van der Waals surface area contributed by atoms with E-state index >= 15 is 0 Å². The number of amides is 4. The number of primary amides is 1. The maximum atomic E-state index is 12.7. The molecule has 2 fully saturated rings. The van der Waals surface area contributed by atoms with Gasteiger partial charge in [-0.05, 0) is 12.5 Å². The largest absolute Gasteiger partial charge is 0.369 e. The van der Waals surface area contributed by atoms with Gasteiger partial charge in [-0.25, -0.2) is 9.79 Å². The van der Waals surface area contributed by atoms with E-state index in [1.54, 1.807) is 7.05 Å². The Morgan fingerprint density at radius 2 is 1.83 bits per heavy atom. The summed E-state index contributed by atoms with van der Waals surface area (Å²) < 4.78 is 0. The first-order valence-corrected chi connectivity index (χ1v) is 10.1. The summed E-state index contributed by atoms with van der Waals surface area (Å²) in [5.41, 5.74) is 7.54. The van der Waals surface area contributed by atoms with E-state index in [2.05, 4.69) is 10.2 Å². The van der Waals surface area contributed by atoms with Crippen LogP contribution in [-0.2, 0) is 16.1 Å². The van der Waals surface area contributed by atoms with Crippen LogP contribution in [-0.4, -0.2) is 95.4 Å². The molecule has 2 atom stereocenters. The third-order valence-electron chi connectivity index (χ3n) is 5.85. The Kier molecular flexibility index (Phi) is 5.33. The molecule has 10 nitrogen and oxygen atoms in total. The molecular formula is C20H27N7O3. The first kappa shape index (κ1) is 20.1. The lowest BCUT2D eigenvalue weighted by Crippen LogP contribution is -2.64. The van der Waals surface area contributed by atoms with Crippen LogP contribution in [0.1, 0.15) is 11.1 Å². The van der Waals surface area contributed by atoms with Crippen molar-refractivity contribution in [1.29, 1.82) is 0 Å². The number of nitrogens with zero attached hydrogens (tertiary/aromatic N) is 5. The number of benzene rings is 1. The van der Waals surface area contributed by atoms with Gasteiger partial charge in [-0.1, -0.05) is 29.8 Å². The van der Waals surface area contributed by atoms with Crippen LogP contribution in [0, 0.1) is 6.92 Å². The average molecular weight is 413 g/mol. The first-order valence-electron chi connectivity index (χ1n) is 10.1. The molecule has 3 N–H and O–H groups in total. The predicted octanol–water partition coefficient (Wildman–Crippen LogP) is -0.854. The number of hydrogen-bond acceptors (Lipinski definition) is 7. The minimum Gasteiger partial charge on any atom is -0.369 e. The van der Waals surface area contributed by atoms with Gasteiger partial charge in [-0.3, -0.25) is 19.8 Å². The van der Waals surface area contributed by atoms with Crippen molar-refractivity contribution in [3.8, 4) is 0 Å². The molecule has 0 radical (unpaired) electrons. The van der Waals surface area contributed by atoms with E-state index in [0.717, 1.165) is 5.56 Å². The maximum absolute atomic E-state index is 12.7. The molecule has 0 saturated carbocycles. The molecule has 0 spiro atoms. The van der Waals surface area contributed by atoms with Gasteiger partial charge in [0, 0.05) is 39.8 Å². The van der Waals surface area contributed by atoms with Crippen molar-refractivity contribution in [2.24, 2.45) is 10.7 Å². The minimum atomic E-state index is -0.576. The van der Waals surface area contributed by atoms with Crippen molar-refractivity contribution >= 4 is 23.8 Å². The molecule has 2 unspecified atom stereocenters. The van der Waals surface area contributed by atoms with E-state index in [-0.39, 0.29) is 18.4 Å². The van der Waals surface area contributed by atoms with Gasteiger partial charge in [0.15, 0.2) is 18.2 Å². The van der Waals surface area contributed by atoms with Gasteiger partial charge in [0.05, 0.1) is 6.54 Å². The summed E-state index contributed by atoms with van der Waals surface area (Å²) in [5.74, 6) is 0.0350. The average Bonchev–Trinajstić information content (AvgIpc) is 3.08. The highest BCUT2D eigenvalue weighted by Gasteiger charge is 2.49. The SMILES string of the molecule is Cc1ccc(CN2C(N3CCN(CC(N)=O)CC3)=NC3C2C(=O)NC(=O)N3C)cc1. The molecule has 2 saturated heterocycles.